The van der Waals surface area contributed by atoms with Crippen molar-refractivity contribution >= 4 is 32.7 Å². The molecule has 2 aromatic carbocycles. The van der Waals surface area contributed by atoms with Gasteiger partial charge in [0.2, 0.25) is 5.91 Å². The molecule has 3 aromatic rings. The van der Waals surface area contributed by atoms with Crippen LogP contribution in [-0.4, -0.2) is 50.3 Å². The first kappa shape index (κ1) is 22.5. The summed E-state index contributed by atoms with van der Waals surface area (Å²) < 4.78 is 48.9. The fraction of sp³-hybridized carbons (Fsp3) is 0.300. The number of hydrogen-bond acceptors (Lipinski definition) is 5. The number of fused-ring (bicyclic) bond motifs is 1. The number of nitrogens with one attached hydrogen (secondary N) is 1. The van der Waals surface area contributed by atoms with Crippen molar-refractivity contribution in [1.29, 1.82) is 0 Å². The normalized spacial score (nSPS) is 11.6. The van der Waals surface area contributed by atoms with Gasteiger partial charge in [-0.25, -0.2) is 17.6 Å². The fourth-order valence-electron chi connectivity index (χ4n) is 3.18. The second-order valence-electron chi connectivity index (χ2n) is 6.88. The lowest BCUT2D eigenvalue weighted by Gasteiger charge is -2.24. The smallest absolute Gasteiger partial charge is 0.328 e. The Morgan fingerprint density at radius 1 is 1.10 bits per heavy atom. The fourth-order valence-corrected chi connectivity index (χ4v) is 4.62. The lowest BCUT2D eigenvalue weighted by molar-refractivity contribution is -0.119. The van der Waals surface area contributed by atoms with Gasteiger partial charge in [-0.05, 0) is 42.5 Å². The second-order valence-corrected chi connectivity index (χ2v) is 8.74. The number of halogens is 1. The summed E-state index contributed by atoms with van der Waals surface area (Å²) in [7, 11) is 0.405. The average molecular weight is 450 g/mol. The number of anilines is 1. The van der Waals surface area contributed by atoms with Crippen molar-refractivity contribution in [2.45, 2.75) is 4.90 Å². The van der Waals surface area contributed by atoms with Crippen LogP contribution in [0.5, 0.6) is 0 Å². The molecule has 0 aliphatic heterocycles. The van der Waals surface area contributed by atoms with Crippen LogP contribution < -0.4 is 15.3 Å². The summed E-state index contributed by atoms with van der Waals surface area (Å²) in [5, 5.41) is 2.58. The molecule has 0 bridgehead atoms. The Labute approximate surface area is 178 Å². The van der Waals surface area contributed by atoms with E-state index >= 15 is 0 Å². The predicted molar refractivity (Wildman–Crippen MR) is 114 cm³/mol. The number of aryl methyl sites for hydroxylation is 2. The van der Waals surface area contributed by atoms with Gasteiger partial charge >= 0.3 is 5.69 Å². The Balaban J connectivity index is 2.05. The summed E-state index contributed by atoms with van der Waals surface area (Å²) in [6, 6.07) is 9.08. The molecule has 11 heteroatoms. The summed E-state index contributed by atoms with van der Waals surface area (Å²) in [6.45, 7) is -0.0259. The van der Waals surface area contributed by atoms with Gasteiger partial charge in [0.15, 0.2) is 0 Å². The van der Waals surface area contributed by atoms with Crippen LogP contribution in [0.15, 0.2) is 52.2 Å². The van der Waals surface area contributed by atoms with Crippen molar-refractivity contribution in [3.8, 4) is 0 Å². The van der Waals surface area contributed by atoms with E-state index in [9.17, 15) is 22.4 Å². The summed E-state index contributed by atoms with van der Waals surface area (Å²) in [6.07, 6.45) is 0. The van der Waals surface area contributed by atoms with Gasteiger partial charge in [-0.3, -0.25) is 18.2 Å². The molecule has 0 aliphatic rings. The molecule has 1 amide bonds. The number of benzene rings is 2. The van der Waals surface area contributed by atoms with Gasteiger partial charge in [0, 0.05) is 27.7 Å². The molecule has 0 unspecified atom stereocenters. The zero-order valence-electron chi connectivity index (χ0n) is 17.3. The van der Waals surface area contributed by atoms with Gasteiger partial charge in [0.25, 0.3) is 10.0 Å². The number of carbonyl (C=O) groups excluding carboxylic acids is 1. The van der Waals surface area contributed by atoms with E-state index in [1.165, 1.54) is 46.6 Å². The molecule has 0 fully saturated rings. The minimum absolute atomic E-state index is 0.102. The van der Waals surface area contributed by atoms with Crippen LogP contribution in [0.1, 0.15) is 0 Å². The molecule has 31 heavy (non-hydrogen) atoms. The van der Waals surface area contributed by atoms with Gasteiger partial charge in [0.05, 0.1) is 28.2 Å². The zero-order valence-corrected chi connectivity index (χ0v) is 18.1. The summed E-state index contributed by atoms with van der Waals surface area (Å²) in [4.78, 5) is 24.4. The van der Waals surface area contributed by atoms with Gasteiger partial charge < -0.3 is 10.1 Å². The predicted octanol–water partition coefficient (Wildman–Crippen LogP) is 0.974. The second kappa shape index (κ2) is 8.90. The molecular weight excluding hydrogens is 427 g/mol. The summed E-state index contributed by atoms with van der Waals surface area (Å²) >= 11 is 0. The van der Waals surface area contributed by atoms with E-state index in [-0.39, 0.29) is 29.4 Å². The highest BCUT2D eigenvalue weighted by Gasteiger charge is 2.28. The van der Waals surface area contributed by atoms with E-state index in [1.54, 1.807) is 14.1 Å². The van der Waals surface area contributed by atoms with Crippen LogP contribution in [0, 0.1) is 5.82 Å². The molecule has 0 radical (unpaired) electrons. The summed E-state index contributed by atoms with van der Waals surface area (Å²) in [5.74, 6) is -1.08. The highest BCUT2D eigenvalue weighted by atomic mass is 32.2. The van der Waals surface area contributed by atoms with Crippen LogP contribution in [0.3, 0.4) is 0 Å². The highest BCUT2D eigenvalue weighted by Crippen LogP contribution is 2.26. The van der Waals surface area contributed by atoms with Crippen LogP contribution in [0.25, 0.3) is 11.0 Å². The summed E-state index contributed by atoms with van der Waals surface area (Å²) in [5.41, 5.74) is 0.831. The molecular formula is C20H23FN4O5S. The Morgan fingerprint density at radius 2 is 1.74 bits per heavy atom. The molecule has 166 valence electrons. The van der Waals surface area contributed by atoms with Crippen molar-refractivity contribution in [3.63, 3.8) is 0 Å². The first-order chi connectivity index (χ1) is 14.7. The molecule has 0 aliphatic carbocycles. The van der Waals surface area contributed by atoms with Gasteiger partial charge in [-0.15, -0.1) is 0 Å². The maximum atomic E-state index is 13.5. The molecule has 9 nitrogen and oxygen atoms in total. The largest absolute Gasteiger partial charge is 0.383 e. The van der Waals surface area contributed by atoms with E-state index in [0.717, 1.165) is 16.4 Å². The number of sulfonamides is 1. The van der Waals surface area contributed by atoms with Crippen molar-refractivity contribution in [3.05, 3.63) is 58.8 Å². The number of carbonyl (C=O) groups is 1. The number of ether oxygens (including phenoxy) is 1. The van der Waals surface area contributed by atoms with Crippen LogP contribution in [0.4, 0.5) is 10.1 Å². The number of nitrogens with zero attached hydrogens (tertiary/aromatic N) is 3. The third-order valence-electron chi connectivity index (χ3n) is 4.86. The molecule has 0 saturated carbocycles. The average Bonchev–Trinajstić information content (AvgIpc) is 2.96. The molecule has 1 N–H and O–H groups in total. The van der Waals surface area contributed by atoms with E-state index in [0.29, 0.717) is 11.0 Å². The van der Waals surface area contributed by atoms with Gasteiger partial charge in [-0.1, -0.05) is 0 Å². The van der Waals surface area contributed by atoms with Crippen molar-refractivity contribution in [2.75, 3.05) is 31.1 Å². The number of methoxy groups -OCH3 is 1. The number of rotatable bonds is 8. The standard InChI is InChI=1S/C20H23FN4O5S/c1-23-17-9-8-16(12-18(17)24(2)20(23)27)31(28,29)25(13-19(26)22-10-11-30-3)15-6-4-14(21)5-7-15/h4-9,12H,10-11,13H2,1-3H3,(H,22,26). The monoisotopic (exact) mass is 450 g/mol. The van der Waals surface area contributed by atoms with Crippen LogP contribution >= 0.6 is 0 Å². The van der Waals surface area contributed by atoms with Gasteiger partial charge in [0.1, 0.15) is 12.4 Å². The lowest BCUT2D eigenvalue weighted by atomic mass is 10.3. The molecule has 3 rings (SSSR count). The number of hydrogen-bond donors (Lipinski definition) is 1. The van der Waals surface area contributed by atoms with E-state index < -0.39 is 28.3 Å². The Morgan fingerprint density at radius 3 is 2.39 bits per heavy atom. The Bertz CT molecular complexity index is 1270. The third-order valence-corrected chi connectivity index (χ3v) is 6.63. The first-order valence-electron chi connectivity index (χ1n) is 9.36. The Hall–Kier alpha value is -3.18. The SMILES string of the molecule is COCCNC(=O)CN(c1ccc(F)cc1)S(=O)(=O)c1ccc2c(c1)n(C)c(=O)n2C. The van der Waals surface area contributed by atoms with E-state index in [4.69, 9.17) is 4.74 Å². The first-order valence-corrected chi connectivity index (χ1v) is 10.8. The molecule has 1 heterocycles. The maximum Gasteiger partial charge on any atom is 0.328 e. The van der Waals surface area contributed by atoms with Gasteiger partial charge in [-0.2, -0.15) is 0 Å². The quantitative estimate of drug-likeness (QED) is 0.516. The zero-order chi connectivity index (χ0) is 22.8. The van der Waals surface area contributed by atoms with Crippen LogP contribution in [-0.2, 0) is 33.7 Å². The minimum atomic E-state index is -4.21. The van der Waals surface area contributed by atoms with Crippen molar-refractivity contribution in [1.82, 2.24) is 14.5 Å². The van der Waals surface area contributed by atoms with Crippen molar-refractivity contribution in [2.24, 2.45) is 14.1 Å². The number of amides is 1. The maximum absolute atomic E-state index is 13.5. The number of imidazole rings is 1. The lowest BCUT2D eigenvalue weighted by Crippen LogP contribution is -2.41. The number of aromatic nitrogens is 2. The van der Waals surface area contributed by atoms with E-state index in [1.807, 2.05) is 0 Å². The molecule has 0 atom stereocenters. The molecule has 0 spiro atoms. The minimum Gasteiger partial charge on any atom is -0.383 e. The Kier molecular flexibility index (Phi) is 6.46. The molecule has 0 saturated heterocycles. The van der Waals surface area contributed by atoms with Crippen molar-refractivity contribution < 1.29 is 22.3 Å². The molecule has 1 aromatic heterocycles. The third kappa shape index (κ3) is 4.47. The highest BCUT2D eigenvalue weighted by molar-refractivity contribution is 7.92. The topological polar surface area (TPSA) is 103 Å². The van der Waals surface area contributed by atoms with E-state index in [2.05, 4.69) is 5.32 Å². The van der Waals surface area contributed by atoms with Crippen LogP contribution in [0.2, 0.25) is 0 Å².